The Morgan fingerprint density at radius 2 is 1.70 bits per heavy atom. The lowest BCUT2D eigenvalue weighted by atomic mass is 10.0. The predicted molar refractivity (Wildman–Crippen MR) is 118 cm³/mol. The summed E-state index contributed by atoms with van der Waals surface area (Å²) in [7, 11) is -3.76. The maximum atomic E-state index is 13.2. The number of fused-ring (bicyclic) bond motifs is 1. The van der Waals surface area contributed by atoms with Gasteiger partial charge in [0.25, 0.3) is 5.91 Å². The monoisotopic (exact) mass is 440 g/mol. The summed E-state index contributed by atoms with van der Waals surface area (Å²) in [6.45, 7) is 2.66. The lowest BCUT2D eigenvalue weighted by Crippen LogP contribution is -2.36. The second-order valence-corrected chi connectivity index (χ2v) is 9.66. The van der Waals surface area contributed by atoms with Crippen molar-refractivity contribution in [1.29, 1.82) is 0 Å². The lowest BCUT2D eigenvalue weighted by Gasteiger charge is -2.28. The van der Waals surface area contributed by atoms with Gasteiger partial charge in [-0.1, -0.05) is 53.6 Å². The smallest absolute Gasteiger partial charge is 0.257 e. The highest BCUT2D eigenvalue weighted by Gasteiger charge is 2.29. The van der Waals surface area contributed by atoms with E-state index in [2.05, 4.69) is 5.32 Å². The van der Waals surface area contributed by atoms with Crippen LogP contribution in [0.15, 0.2) is 71.6 Å². The highest BCUT2D eigenvalue weighted by Crippen LogP contribution is 2.28. The normalized spacial score (nSPS) is 14.2. The number of rotatable bonds is 4. The number of carbonyl (C=O) groups excluding carboxylic acids is 1. The van der Waals surface area contributed by atoms with Crippen molar-refractivity contribution in [3.8, 4) is 0 Å². The molecule has 3 aromatic rings. The van der Waals surface area contributed by atoms with Crippen molar-refractivity contribution in [2.75, 3.05) is 11.9 Å². The molecular formula is C23H21ClN2O3S. The average Bonchev–Trinajstić information content (AvgIpc) is 2.75. The first-order valence-corrected chi connectivity index (χ1v) is 11.4. The number of benzene rings is 3. The third kappa shape index (κ3) is 4.12. The second kappa shape index (κ2) is 8.22. The van der Waals surface area contributed by atoms with Crippen molar-refractivity contribution < 1.29 is 13.2 Å². The topological polar surface area (TPSA) is 66.5 Å². The number of carbonyl (C=O) groups is 1. The van der Waals surface area contributed by atoms with Gasteiger partial charge in [-0.05, 0) is 54.8 Å². The van der Waals surface area contributed by atoms with E-state index in [4.69, 9.17) is 11.6 Å². The lowest BCUT2D eigenvalue weighted by molar-refractivity contribution is 0.102. The maximum Gasteiger partial charge on any atom is 0.257 e. The Bertz CT molecular complexity index is 1210. The summed E-state index contributed by atoms with van der Waals surface area (Å²) >= 11 is 6.22. The number of hydrogen-bond donors (Lipinski definition) is 1. The molecule has 154 valence electrons. The van der Waals surface area contributed by atoms with Crippen LogP contribution in [0.3, 0.4) is 0 Å². The number of aryl methyl sites for hydroxylation is 1. The molecule has 0 spiro atoms. The molecule has 0 atom stereocenters. The number of halogens is 1. The molecule has 30 heavy (non-hydrogen) atoms. The SMILES string of the molecule is Cc1ccc(NC(=O)c2cc(S(=O)(=O)N3CCc4ccccc4C3)ccc2Cl)cc1. The Morgan fingerprint density at radius 1 is 1.00 bits per heavy atom. The first kappa shape index (κ1) is 20.6. The van der Waals surface area contributed by atoms with E-state index in [1.165, 1.54) is 28.1 Å². The highest BCUT2D eigenvalue weighted by molar-refractivity contribution is 7.89. The van der Waals surface area contributed by atoms with Crippen LogP contribution in [0.5, 0.6) is 0 Å². The van der Waals surface area contributed by atoms with Gasteiger partial charge in [0, 0.05) is 18.8 Å². The maximum absolute atomic E-state index is 13.2. The van der Waals surface area contributed by atoms with Gasteiger partial charge in [-0.2, -0.15) is 4.31 Å². The van der Waals surface area contributed by atoms with Crippen LogP contribution in [0.1, 0.15) is 27.0 Å². The summed E-state index contributed by atoms with van der Waals surface area (Å²) in [4.78, 5) is 12.8. The van der Waals surface area contributed by atoms with E-state index in [0.717, 1.165) is 11.1 Å². The number of nitrogens with zero attached hydrogens (tertiary/aromatic N) is 1. The first-order valence-electron chi connectivity index (χ1n) is 9.59. The molecular weight excluding hydrogens is 420 g/mol. The quantitative estimate of drug-likeness (QED) is 0.642. The molecule has 1 aliphatic rings. The minimum atomic E-state index is -3.76. The largest absolute Gasteiger partial charge is 0.322 e. The summed E-state index contributed by atoms with van der Waals surface area (Å²) < 4.78 is 27.9. The summed E-state index contributed by atoms with van der Waals surface area (Å²) in [5.41, 5.74) is 3.97. The Hall–Kier alpha value is -2.67. The van der Waals surface area contributed by atoms with E-state index in [0.29, 0.717) is 25.2 Å². The van der Waals surface area contributed by atoms with Gasteiger partial charge in [0.1, 0.15) is 0 Å². The van der Waals surface area contributed by atoms with Crippen LogP contribution >= 0.6 is 11.6 Å². The second-order valence-electron chi connectivity index (χ2n) is 7.32. The number of amides is 1. The van der Waals surface area contributed by atoms with Crippen molar-refractivity contribution in [1.82, 2.24) is 4.31 Å². The van der Waals surface area contributed by atoms with Crippen molar-refractivity contribution in [2.45, 2.75) is 24.8 Å². The predicted octanol–water partition coefficient (Wildman–Crippen LogP) is 4.65. The Kier molecular flexibility index (Phi) is 5.64. The molecule has 0 aromatic heterocycles. The Balaban J connectivity index is 1.60. The molecule has 0 saturated heterocycles. The number of nitrogens with one attached hydrogen (secondary N) is 1. The fourth-order valence-corrected chi connectivity index (χ4v) is 5.15. The molecule has 0 bridgehead atoms. The van der Waals surface area contributed by atoms with Gasteiger partial charge < -0.3 is 5.32 Å². The van der Waals surface area contributed by atoms with Gasteiger partial charge in [0.05, 0.1) is 15.5 Å². The molecule has 1 amide bonds. The third-order valence-corrected chi connectivity index (χ3v) is 7.40. The van der Waals surface area contributed by atoms with Crippen LogP contribution in [0.2, 0.25) is 5.02 Å². The number of anilines is 1. The molecule has 0 fully saturated rings. The van der Waals surface area contributed by atoms with Crippen LogP contribution in [-0.2, 0) is 23.0 Å². The highest BCUT2D eigenvalue weighted by atomic mass is 35.5. The van der Waals surface area contributed by atoms with Crippen LogP contribution in [0.4, 0.5) is 5.69 Å². The Morgan fingerprint density at radius 3 is 2.43 bits per heavy atom. The summed E-state index contributed by atoms with van der Waals surface area (Å²) in [5.74, 6) is -0.454. The van der Waals surface area contributed by atoms with Gasteiger partial charge in [0.2, 0.25) is 10.0 Å². The molecule has 5 nitrogen and oxygen atoms in total. The molecule has 4 rings (SSSR count). The van der Waals surface area contributed by atoms with Crippen LogP contribution < -0.4 is 5.32 Å². The molecule has 0 aliphatic carbocycles. The molecule has 0 unspecified atom stereocenters. The van der Waals surface area contributed by atoms with E-state index in [-0.39, 0.29) is 15.5 Å². The van der Waals surface area contributed by atoms with Crippen LogP contribution in [0.25, 0.3) is 0 Å². The summed E-state index contributed by atoms with van der Waals surface area (Å²) in [6.07, 6.45) is 0.657. The zero-order valence-electron chi connectivity index (χ0n) is 16.4. The zero-order valence-corrected chi connectivity index (χ0v) is 18.0. The van der Waals surface area contributed by atoms with Crippen molar-refractivity contribution >= 4 is 33.2 Å². The number of sulfonamides is 1. The van der Waals surface area contributed by atoms with Gasteiger partial charge >= 0.3 is 0 Å². The molecule has 1 heterocycles. The van der Waals surface area contributed by atoms with E-state index in [9.17, 15) is 13.2 Å². The fourth-order valence-electron chi connectivity index (χ4n) is 3.50. The minimum Gasteiger partial charge on any atom is -0.322 e. The Labute approximate surface area is 181 Å². The van der Waals surface area contributed by atoms with E-state index < -0.39 is 15.9 Å². The van der Waals surface area contributed by atoms with E-state index in [1.807, 2.05) is 43.3 Å². The molecule has 3 aromatic carbocycles. The van der Waals surface area contributed by atoms with E-state index in [1.54, 1.807) is 12.1 Å². The van der Waals surface area contributed by atoms with Crippen molar-refractivity contribution in [3.05, 3.63) is 94.0 Å². The zero-order chi connectivity index (χ0) is 21.3. The van der Waals surface area contributed by atoms with Crippen LogP contribution in [0, 0.1) is 6.92 Å². The van der Waals surface area contributed by atoms with Crippen molar-refractivity contribution in [3.63, 3.8) is 0 Å². The van der Waals surface area contributed by atoms with Gasteiger partial charge in [-0.25, -0.2) is 8.42 Å². The first-order chi connectivity index (χ1) is 14.3. The molecule has 1 N–H and O–H groups in total. The van der Waals surface area contributed by atoms with Crippen molar-refractivity contribution in [2.24, 2.45) is 0 Å². The summed E-state index contributed by atoms with van der Waals surface area (Å²) in [5, 5.41) is 2.96. The summed E-state index contributed by atoms with van der Waals surface area (Å²) in [6, 6.07) is 19.4. The molecule has 7 heteroatoms. The van der Waals surface area contributed by atoms with Gasteiger partial charge in [-0.3, -0.25) is 4.79 Å². The number of hydrogen-bond acceptors (Lipinski definition) is 3. The standard InChI is InChI=1S/C23H21ClN2O3S/c1-16-6-8-19(9-7-16)25-23(27)21-14-20(10-11-22(21)24)30(28,29)26-13-12-17-4-2-3-5-18(17)15-26/h2-11,14H,12-13,15H2,1H3,(H,25,27). The minimum absolute atomic E-state index is 0.0559. The molecule has 0 saturated carbocycles. The van der Waals surface area contributed by atoms with Gasteiger partial charge in [-0.15, -0.1) is 0 Å². The van der Waals surface area contributed by atoms with Crippen LogP contribution in [-0.4, -0.2) is 25.2 Å². The molecule has 0 radical (unpaired) electrons. The average molecular weight is 441 g/mol. The fraction of sp³-hybridized carbons (Fsp3) is 0.174. The van der Waals surface area contributed by atoms with Gasteiger partial charge in [0.15, 0.2) is 0 Å². The molecule has 1 aliphatic heterocycles. The third-order valence-electron chi connectivity index (χ3n) is 5.23. The van der Waals surface area contributed by atoms with E-state index >= 15 is 0 Å².